The number of terminal acetylenes is 1. The zero-order valence-electron chi connectivity index (χ0n) is 5.13. The van der Waals surface area contributed by atoms with Crippen LogP contribution in [0.2, 0.25) is 5.02 Å². The minimum Gasteiger partial charge on any atom is -0.396 e. The van der Waals surface area contributed by atoms with Crippen LogP contribution in [0, 0.1) is 12.3 Å². The van der Waals surface area contributed by atoms with Crippen molar-refractivity contribution in [2.75, 3.05) is 5.73 Å². The molecule has 1 aromatic heterocycles. The van der Waals surface area contributed by atoms with Crippen molar-refractivity contribution < 1.29 is 0 Å². The summed E-state index contributed by atoms with van der Waals surface area (Å²) in [4.78, 5) is 3.81. The van der Waals surface area contributed by atoms with Gasteiger partial charge in [-0.05, 0) is 6.07 Å². The lowest BCUT2D eigenvalue weighted by Gasteiger charge is -1.95. The molecule has 1 rings (SSSR count). The minimum atomic E-state index is 0.445. The average Bonchev–Trinajstić information content (AvgIpc) is 1.95. The fourth-order valence-electron chi connectivity index (χ4n) is 0.520. The Bertz CT molecular complexity index is 288. The smallest absolute Gasteiger partial charge is 0.114 e. The molecule has 0 aliphatic heterocycles. The van der Waals surface area contributed by atoms with Gasteiger partial charge in [0, 0.05) is 0 Å². The monoisotopic (exact) mass is 152 g/mol. The second-order valence-corrected chi connectivity index (χ2v) is 2.14. The van der Waals surface area contributed by atoms with Gasteiger partial charge in [0.25, 0.3) is 0 Å². The van der Waals surface area contributed by atoms with Crippen molar-refractivity contribution in [2.24, 2.45) is 0 Å². The molecule has 0 bridgehead atoms. The molecule has 50 valence electrons. The second kappa shape index (κ2) is 2.59. The Morgan fingerprint density at radius 1 is 1.70 bits per heavy atom. The quantitative estimate of drug-likeness (QED) is 0.569. The van der Waals surface area contributed by atoms with E-state index in [4.69, 9.17) is 23.8 Å². The van der Waals surface area contributed by atoms with Crippen LogP contribution in [0.1, 0.15) is 5.69 Å². The van der Waals surface area contributed by atoms with E-state index in [1.54, 1.807) is 6.07 Å². The zero-order valence-corrected chi connectivity index (χ0v) is 5.89. The highest BCUT2D eigenvalue weighted by Gasteiger charge is 1.95. The van der Waals surface area contributed by atoms with Crippen molar-refractivity contribution in [1.82, 2.24) is 4.98 Å². The van der Waals surface area contributed by atoms with Crippen molar-refractivity contribution in [2.45, 2.75) is 0 Å². The SMILES string of the molecule is C#Cc1cc(Cl)c(N)cn1. The highest BCUT2D eigenvalue weighted by molar-refractivity contribution is 6.33. The lowest BCUT2D eigenvalue weighted by molar-refractivity contribution is 1.29. The highest BCUT2D eigenvalue weighted by Crippen LogP contribution is 2.16. The van der Waals surface area contributed by atoms with Crippen LogP contribution in [-0.4, -0.2) is 4.98 Å². The second-order valence-electron chi connectivity index (χ2n) is 1.74. The Balaban J connectivity index is 3.20. The third-order valence-electron chi connectivity index (χ3n) is 1.03. The average molecular weight is 153 g/mol. The van der Waals surface area contributed by atoms with E-state index >= 15 is 0 Å². The van der Waals surface area contributed by atoms with Crippen LogP contribution in [0.15, 0.2) is 12.3 Å². The van der Waals surface area contributed by atoms with Gasteiger partial charge in [0.05, 0.1) is 16.9 Å². The van der Waals surface area contributed by atoms with E-state index < -0.39 is 0 Å². The number of halogens is 1. The Morgan fingerprint density at radius 2 is 2.40 bits per heavy atom. The Hall–Kier alpha value is -1.20. The van der Waals surface area contributed by atoms with Crippen molar-refractivity contribution in [1.29, 1.82) is 0 Å². The fourth-order valence-corrected chi connectivity index (χ4v) is 0.672. The fraction of sp³-hybridized carbons (Fsp3) is 0. The first kappa shape index (κ1) is 6.91. The van der Waals surface area contributed by atoms with Gasteiger partial charge in [0.15, 0.2) is 0 Å². The molecule has 3 heteroatoms. The summed E-state index contributed by atoms with van der Waals surface area (Å²) in [7, 11) is 0. The van der Waals surface area contributed by atoms with E-state index in [1.165, 1.54) is 6.20 Å². The van der Waals surface area contributed by atoms with Gasteiger partial charge in [-0.3, -0.25) is 0 Å². The van der Waals surface area contributed by atoms with Crippen molar-refractivity contribution in [3.05, 3.63) is 23.0 Å². The summed E-state index contributed by atoms with van der Waals surface area (Å²) in [5.41, 5.74) is 6.32. The maximum Gasteiger partial charge on any atom is 0.114 e. The van der Waals surface area contributed by atoms with Crippen LogP contribution in [0.25, 0.3) is 0 Å². The maximum atomic E-state index is 5.63. The normalized spacial score (nSPS) is 8.80. The number of aromatic nitrogens is 1. The number of nitrogen functional groups attached to an aromatic ring is 1. The molecule has 0 unspecified atom stereocenters. The molecule has 2 nitrogen and oxygen atoms in total. The van der Waals surface area contributed by atoms with E-state index in [2.05, 4.69) is 10.9 Å². The standard InChI is InChI=1S/C7H5ClN2/c1-2-5-3-6(8)7(9)4-10-5/h1,3-4H,9H2. The molecular weight excluding hydrogens is 148 g/mol. The van der Waals surface area contributed by atoms with Crippen LogP contribution in [-0.2, 0) is 0 Å². The van der Waals surface area contributed by atoms with Gasteiger partial charge in [-0.2, -0.15) is 0 Å². The number of rotatable bonds is 0. The van der Waals surface area contributed by atoms with Crippen molar-refractivity contribution >= 4 is 17.3 Å². The highest BCUT2D eigenvalue weighted by atomic mass is 35.5. The number of hydrogen-bond donors (Lipinski definition) is 1. The van der Waals surface area contributed by atoms with E-state index in [0.29, 0.717) is 16.4 Å². The lowest BCUT2D eigenvalue weighted by atomic mass is 10.3. The first-order chi connectivity index (χ1) is 4.74. The molecule has 0 saturated carbocycles. The first-order valence-electron chi connectivity index (χ1n) is 2.61. The van der Waals surface area contributed by atoms with Crippen molar-refractivity contribution in [3.63, 3.8) is 0 Å². The number of nitrogens with two attached hydrogens (primary N) is 1. The summed E-state index contributed by atoms with van der Waals surface area (Å²) in [5, 5.41) is 0.447. The van der Waals surface area contributed by atoms with Gasteiger partial charge >= 0.3 is 0 Å². The van der Waals surface area contributed by atoms with Gasteiger partial charge < -0.3 is 5.73 Å². The van der Waals surface area contributed by atoms with Gasteiger partial charge in [-0.15, -0.1) is 6.42 Å². The van der Waals surface area contributed by atoms with Crippen LogP contribution < -0.4 is 5.73 Å². The molecule has 0 spiro atoms. The summed E-state index contributed by atoms with van der Waals surface area (Å²) in [6.45, 7) is 0. The number of nitrogens with zero attached hydrogens (tertiary/aromatic N) is 1. The van der Waals surface area contributed by atoms with E-state index in [-0.39, 0.29) is 0 Å². The summed E-state index contributed by atoms with van der Waals surface area (Å²) in [6.07, 6.45) is 6.50. The molecule has 0 atom stereocenters. The van der Waals surface area contributed by atoms with Crippen LogP contribution in [0.5, 0.6) is 0 Å². The maximum absolute atomic E-state index is 5.63. The topological polar surface area (TPSA) is 38.9 Å². The molecule has 10 heavy (non-hydrogen) atoms. The van der Waals surface area contributed by atoms with Crippen LogP contribution >= 0.6 is 11.6 Å². The van der Waals surface area contributed by atoms with Crippen LogP contribution in [0.3, 0.4) is 0 Å². The first-order valence-corrected chi connectivity index (χ1v) is 2.99. The molecule has 2 N–H and O–H groups in total. The predicted molar refractivity (Wildman–Crippen MR) is 41.6 cm³/mol. The third kappa shape index (κ3) is 1.20. The number of pyridine rings is 1. The van der Waals surface area contributed by atoms with Gasteiger partial charge in [-0.25, -0.2) is 4.98 Å². The Kier molecular flexibility index (Phi) is 1.79. The van der Waals surface area contributed by atoms with E-state index in [1.807, 2.05) is 0 Å². The lowest BCUT2D eigenvalue weighted by Crippen LogP contribution is -1.89. The third-order valence-corrected chi connectivity index (χ3v) is 1.36. The molecule has 1 heterocycles. The Morgan fingerprint density at radius 3 is 2.90 bits per heavy atom. The molecule has 0 saturated heterocycles. The van der Waals surface area contributed by atoms with E-state index in [0.717, 1.165) is 0 Å². The zero-order chi connectivity index (χ0) is 7.56. The number of anilines is 1. The van der Waals surface area contributed by atoms with Gasteiger partial charge in [0.2, 0.25) is 0 Å². The minimum absolute atomic E-state index is 0.445. The van der Waals surface area contributed by atoms with E-state index in [9.17, 15) is 0 Å². The molecule has 0 aliphatic carbocycles. The summed E-state index contributed by atoms with van der Waals surface area (Å²) >= 11 is 5.63. The van der Waals surface area contributed by atoms with Gasteiger partial charge in [-0.1, -0.05) is 17.5 Å². The summed E-state index contributed by atoms with van der Waals surface area (Å²) in [5.74, 6) is 2.34. The van der Waals surface area contributed by atoms with Gasteiger partial charge in [0.1, 0.15) is 5.69 Å². The molecule has 0 fully saturated rings. The van der Waals surface area contributed by atoms with Crippen molar-refractivity contribution in [3.8, 4) is 12.3 Å². The molecule has 1 aromatic rings. The summed E-state index contributed by atoms with van der Waals surface area (Å²) < 4.78 is 0. The summed E-state index contributed by atoms with van der Waals surface area (Å²) in [6, 6.07) is 1.55. The van der Waals surface area contributed by atoms with Crippen LogP contribution in [0.4, 0.5) is 5.69 Å². The number of hydrogen-bond acceptors (Lipinski definition) is 2. The molecule has 0 amide bonds. The largest absolute Gasteiger partial charge is 0.396 e. The molecular formula is C7H5ClN2. The molecule has 0 radical (unpaired) electrons. The Labute approximate surface area is 64.0 Å². The molecule has 0 aliphatic rings. The predicted octanol–water partition coefficient (Wildman–Crippen LogP) is 1.30. The molecule has 0 aromatic carbocycles.